The molecule has 1 aromatic carbocycles. The molecule has 0 aliphatic heterocycles. The second-order valence-corrected chi connectivity index (χ2v) is 5.02. The van der Waals surface area contributed by atoms with E-state index in [2.05, 4.69) is 52.6 Å². The van der Waals surface area contributed by atoms with E-state index < -0.39 is 0 Å². The van der Waals surface area contributed by atoms with Gasteiger partial charge in [-0.15, -0.1) is 0 Å². The molecule has 0 saturated heterocycles. The van der Waals surface area contributed by atoms with E-state index in [0.29, 0.717) is 0 Å². The molecular formula is C16H17N3. The molecule has 0 aliphatic rings. The molecule has 0 radical (unpaired) electrons. The molecule has 2 aromatic heterocycles. The van der Waals surface area contributed by atoms with Crippen LogP contribution >= 0.6 is 0 Å². The topological polar surface area (TPSA) is 30.7 Å². The maximum absolute atomic E-state index is 4.63. The maximum atomic E-state index is 4.63. The summed E-state index contributed by atoms with van der Waals surface area (Å²) in [6.45, 7) is 8.23. The largest absolute Gasteiger partial charge is 0.318 e. The second kappa shape index (κ2) is 4.19. The van der Waals surface area contributed by atoms with Crippen LogP contribution in [0.4, 0.5) is 0 Å². The molecule has 3 aromatic rings. The van der Waals surface area contributed by atoms with Crippen LogP contribution in [0.3, 0.4) is 0 Å². The van der Waals surface area contributed by atoms with Gasteiger partial charge in [0.25, 0.3) is 0 Å². The van der Waals surface area contributed by atoms with Gasteiger partial charge in [0.15, 0.2) is 0 Å². The molecule has 0 aliphatic carbocycles. The predicted octanol–water partition coefficient (Wildman–Crippen LogP) is 3.65. The van der Waals surface area contributed by atoms with E-state index in [9.17, 15) is 0 Å². The predicted molar refractivity (Wildman–Crippen MR) is 77.8 cm³/mol. The number of benzene rings is 1. The molecule has 0 N–H and O–H groups in total. The number of nitrogens with zero attached hydrogens (tertiary/aromatic N) is 3. The van der Waals surface area contributed by atoms with Crippen LogP contribution in [0.1, 0.15) is 22.8 Å². The van der Waals surface area contributed by atoms with E-state index >= 15 is 0 Å². The number of rotatable bonds is 1. The fraction of sp³-hybridized carbons (Fsp3) is 0.250. The highest BCUT2D eigenvalue weighted by Gasteiger charge is 2.07. The van der Waals surface area contributed by atoms with Crippen molar-refractivity contribution >= 4 is 11.0 Å². The molecule has 0 saturated carbocycles. The minimum atomic E-state index is 0.952. The monoisotopic (exact) mass is 251 g/mol. The van der Waals surface area contributed by atoms with Crippen molar-refractivity contribution in [3.8, 4) is 5.69 Å². The summed E-state index contributed by atoms with van der Waals surface area (Å²) < 4.78 is 2.23. The Morgan fingerprint density at radius 1 is 0.737 bits per heavy atom. The number of aryl methyl sites for hydroxylation is 4. The number of hydrogen-bond donors (Lipinski definition) is 0. The lowest BCUT2D eigenvalue weighted by Gasteiger charge is -2.10. The van der Waals surface area contributed by atoms with E-state index in [1.165, 1.54) is 11.4 Å². The normalized spacial score (nSPS) is 11.2. The van der Waals surface area contributed by atoms with E-state index in [4.69, 9.17) is 0 Å². The first-order valence-electron chi connectivity index (χ1n) is 6.46. The number of hydrogen-bond acceptors (Lipinski definition) is 2. The van der Waals surface area contributed by atoms with Gasteiger partial charge in [-0.2, -0.15) is 0 Å². The Kier molecular flexibility index (Phi) is 2.63. The smallest absolute Gasteiger partial charge is 0.0911 e. The average Bonchev–Trinajstić information content (AvgIpc) is 2.70. The van der Waals surface area contributed by atoms with Crippen molar-refractivity contribution in [1.29, 1.82) is 0 Å². The van der Waals surface area contributed by atoms with Crippen molar-refractivity contribution in [2.24, 2.45) is 0 Å². The van der Waals surface area contributed by atoms with Gasteiger partial charge in [-0.05, 0) is 58.0 Å². The van der Waals surface area contributed by atoms with Crippen molar-refractivity contribution in [1.82, 2.24) is 14.5 Å². The van der Waals surface area contributed by atoms with Crippen LogP contribution in [-0.4, -0.2) is 14.5 Å². The molecule has 0 amide bonds. The summed E-state index contributed by atoms with van der Waals surface area (Å²) in [5.41, 5.74) is 7.49. The highest BCUT2D eigenvalue weighted by molar-refractivity contribution is 5.77. The van der Waals surface area contributed by atoms with Crippen LogP contribution < -0.4 is 0 Å². The Morgan fingerprint density at radius 3 is 1.95 bits per heavy atom. The SMILES string of the molecule is Cc1nc2ccc(-n3c(C)ccc3C)cc2nc1C. The van der Waals surface area contributed by atoms with Crippen molar-refractivity contribution in [2.45, 2.75) is 27.7 Å². The van der Waals surface area contributed by atoms with Crippen LogP contribution in [0.15, 0.2) is 30.3 Å². The third-order valence-electron chi connectivity index (χ3n) is 3.59. The molecule has 0 spiro atoms. The number of aromatic nitrogens is 3. The van der Waals surface area contributed by atoms with Gasteiger partial charge < -0.3 is 4.57 Å². The minimum absolute atomic E-state index is 0.952. The Bertz CT molecular complexity index is 750. The van der Waals surface area contributed by atoms with Crippen molar-refractivity contribution < 1.29 is 0 Å². The molecule has 0 atom stereocenters. The minimum Gasteiger partial charge on any atom is -0.318 e. The first-order chi connectivity index (χ1) is 9.06. The molecule has 0 bridgehead atoms. The third-order valence-corrected chi connectivity index (χ3v) is 3.59. The fourth-order valence-corrected chi connectivity index (χ4v) is 2.43. The standard InChI is InChI=1S/C16H17N3/c1-10-5-6-11(2)19(10)14-7-8-15-16(9-14)18-13(4)12(3)17-15/h5-9H,1-4H3. The molecule has 96 valence electrons. The highest BCUT2D eigenvalue weighted by Crippen LogP contribution is 2.20. The molecule has 3 nitrogen and oxygen atoms in total. The molecule has 2 heterocycles. The van der Waals surface area contributed by atoms with Gasteiger partial charge in [0.05, 0.1) is 22.4 Å². The summed E-state index contributed by atoms with van der Waals surface area (Å²) in [4.78, 5) is 9.20. The fourth-order valence-electron chi connectivity index (χ4n) is 2.43. The summed E-state index contributed by atoms with van der Waals surface area (Å²) in [7, 11) is 0. The highest BCUT2D eigenvalue weighted by atomic mass is 15.0. The zero-order valence-electron chi connectivity index (χ0n) is 11.7. The lowest BCUT2D eigenvalue weighted by Crippen LogP contribution is -2.00. The third kappa shape index (κ3) is 1.91. The first kappa shape index (κ1) is 11.9. The summed E-state index contributed by atoms with van der Waals surface area (Å²) in [5.74, 6) is 0. The average molecular weight is 251 g/mol. The molecule has 0 unspecified atom stereocenters. The van der Waals surface area contributed by atoms with Crippen LogP contribution in [0.2, 0.25) is 0 Å². The summed E-state index contributed by atoms with van der Waals surface area (Å²) >= 11 is 0. The summed E-state index contributed by atoms with van der Waals surface area (Å²) in [5, 5.41) is 0. The second-order valence-electron chi connectivity index (χ2n) is 5.02. The molecule has 3 heteroatoms. The van der Waals surface area contributed by atoms with E-state index in [-0.39, 0.29) is 0 Å². The Morgan fingerprint density at radius 2 is 1.32 bits per heavy atom. The molecule has 0 fully saturated rings. The van der Waals surface area contributed by atoms with Crippen LogP contribution in [0, 0.1) is 27.7 Å². The Balaban J connectivity index is 2.25. The van der Waals surface area contributed by atoms with Gasteiger partial charge in [0, 0.05) is 17.1 Å². The van der Waals surface area contributed by atoms with E-state index in [1.807, 2.05) is 19.9 Å². The summed E-state index contributed by atoms with van der Waals surface area (Å²) in [6.07, 6.45) is 0. The summed E-state index contributed by atoms with van der Waals surface area (Å²) in [6, 6.07) is 10.5. The molecular weight excluding hydrogens is 234 g/mol. The molecule has 19 heavy (non-hydrogen) atoms. The van der Waals surface area contributed by atoms with Crippen LogP contribution in [0.5, 0.6) is 0 Å². The van der Waals surface area contributed by atoms with Gasteiger partial charge in [0.1, 0.15) is 0 Å². The van der Waals surface area contributed by atoms with Crippen molar-refractivity contribution in [2.75, 3.05) is 0 Å². The van der Waals surface area contributed by atoms with E-state index in [1.54, 1.807) is 0 Å². The Labute approximate surface area is 112 Å². The first-order valence-corrected chi connectivity index (χ1v) is 6.46. The number of fused-ring (bicyclic) bond motifs is 1. The lowest BCUT2D eigenvalue weighted by molar-refractivity contribution is 0.965. The van der Waals surface area contributed by atoms with Gasteiger partial charge in [-0.25, -0.2) is 9.97 Å². The lowest BCUT2D eigenvalue weighted by atomic mass is 10.2. The Hall–Kier alpha value is -2.16. The van der Waals surface area contributed by atoms with Gasteiger partial charge in [0.2, 0.25) is 0 Å². The van der Waals surface area contributed by atoms with Crippen molar-refractivity contribution in [3.63, 3.8) is 0 Å². The van der Waals surface area contributed by atoms with Gasteiger partial charge in [-0.1, -0.05) is 0 Å². The van der Waals surface area contributed by atoms with Gasteiger partial charge >= 0.3 is 0 Å². The zero-order chi connectivity index (χ0) is 13.6. The maximum Gasteiger partial charge on any atom is 0.0911 e. The zero-order valence-corrected chi connectivity index (χ0v) is 11.7. The molecule has 3 rings (SSSR count). The van der Waals surface area contributed by atoms with E-state index in [0.717, 1.165) is 28.1 Å². The quantitative estimate of drug-likeness (QED) is 0.661. The van der Waals surface area contributed by atoms with Crippen LogP contribution in [-0.2, 0) is 0 Å². The van der Waals surface area contributed by atoms with Gasteiger partial charge in [-0.3, -0.25) is 0 Å². The van der Waals surface area contributed by atoms with Crippen molar-refractivity contribution in [3.05, 3.63) is 53.1 Å². The van der Waals surface area contributed by atoms with Crippen LogP contribution in [0.25, 0.3) is 16.7 Å².